The van der Waals surface area contributed by atoms with Gasteiger partial charge in [-0.2, -0.15) is 8.42 Å². The second-order valence-electron chi connectivity index (χ2n) is 2.29. The molecular weight excluding hydrogens is 177 g/mol. The van der Waals surface area contributed by atoms with Crippen LogP contribution in [0, 0.1) is 5.92 Å². The van der Waals surface area contributed by atoms with Crippen LogP contribution in [-0.4, -0.2) is 44.6 Å². The summed E-state index contributed by atoms with van der Waals surface area (Å²) in [7, 11) is -3.73. The van der Waals surface area contributed by atoms with Crippen LogP contribution in [0.1, 0.15) is 20.3 Å². The first kappa shape index (κ1) is 14.4. The molecule has 11 heavy (non-hydrogen) atoms. The van der Waals surface area contributed by atoms with Crippen molar-refractivity contribution in [3.63, 3.8) is 0 Å². The second-order valence-corrected chi connectivity index (χ2v) is 3.51. The summed E-state index contributed by atoms with van der Waals surface area (Å²) in [5.41, 5.74) is 0. The Morgan fingerprint density at radius 2 is 2.00 bits per heavy atom. The van der Waals surface area contributed by atoms with Gasteiger partial charge in [-0.25, -0.2) is 5.14 Å². The summed E-state index contributed by atoms with van der Waals surface area (Å²) in [6, 6.07) is 0. The van der Waals surface area contributed by atoms with Gasteiger partial charge in [-0.1, -0.05) is 20.3 Å². The van der Waals surface area contributed by atoms with E-state index >= 15 is 0 Å². The van der Waals surface area contributed by atoms with E-state index in [2.05, 4.69) is 9.32 Å². The first-order valence-corrected chi connectivity index (χ1v) is 4.60. The van der Waals surface area contributed by atoms with E-state index in [9.17, 15) is 8.42 Å². The van der Waals surface area contributed by atoms with Gasteiger partial charge < -0.3 is 0 Å². The quantitative estimate of drug-likeness (QED) is 0.615. The number of nitrogens with two attached hydrogens (primary N) is 1. The molecule has 0 aliphatic carbocycles. The van der Waals surface area contributed by atoms with Gasteiger partial charge in [0.05, 0.1) is 6.61 Å². The summed E-state index contributed by atoms with van der Waals surface area (Å²) in [6.07, 6.45) is 0.884. The molecule has 0 bridgehead atoms. The Labute approximate surface area is 90.0 Å². The van der Waals surface area contributed by atoms with Crippen molar-refractivity contribution in [1.82, 2.24) is 0 Å². The van der Waals surface area contributed by atoms with Gasteiger partial charge in [0.1, 0.15) is 0 Å². The average Bonchev–Trinajstić information content (AvgIpc) is 1.81. The molecule has 0 aromatic carbocycles. The van der Waals surface area contributed by atoms with Crippen molar-refractivity contribution in [1.29, 1.82) is 0 Å². The summed E-state index contributed by atoms with van der Waals surface area (Å²) in [6.45, 7) is 4.03. The molecule has 0 spiro atoms. The first-order chi connectivity index (χ1) is 4.45. The zero-order chi connectivity index (χ0) is 8.20. The second kappa shape index (κ2) is 6.39. The Morgan fingerprint density at radius 3 is 2.27 bits per heavy atom. The molecule has 0 aromatic heterocycles. The van der Waals surface area contributed by atoms with E-state index in [0.717, 1.165) is 6.42 Å². The molecule has 0 saturated carbocycles. The molecule has 1 unspecified atom stereocenters. The molecule has 4 nitrogen and oxygen atoms in total. The molecule has 6 heteroatoms. The Hall–Kier alpha value is 0.870. The Bertz CT molecular complexity index is 180. The standard InChI is InChI=1S/C5H13NO3S.Na.H/c1-3-5(2)4-9-10(6,7)8;;/h5H,3-4H2,1-2H3,(H2,6,7,8);;. The van der Waals surface area contributed by atoms with Gasteiger partial charge >= 0.3 is 39.9 Å². The monoisotopic (exact) mass is 191 g/mol. The van der Waals surface area contributed by atoms with Gasteiger partial charge in [-0.3, -0.25) is 4.18 Å². The van der Waals surface area contributed by atoms with Crippen molar-refractivity contribution < 1.29 is 12.6 Å². The van der Waals surface area contributed by atoms with Crippen LogP contribution in [0.15, 0.2) is 0 Å². The third-order valence-electron chi connectivity index (χ3n) is 1.21. The zero-order valence-electron chi connectivity index (χ0n) is 6.20. The van der Waals surface area contributed by atoms with Crippen LogP contribution in [0.4, 0.5) is 0 Å². The molecule has 0 fully saturated rings. The predicted molar refractivity (Wildman–Crippen MR) is 45.7 cm³/mol. The molecule has 0 rings (SSSR count). The van der Waals surface area contributed by atoms with E-state index in [0.29, 0.717) is 0 Å². The summed E-state index contributed by atoms with van der Waals surface area (Å²) in [4.78, 5) is 0. The minimum atomic E-state index is -3.73. The fourth-order valence-electron chi connectivity index (χ4n) is 0.329. The normalized spacial score (nSPS) is 13.7. The topological polar surface area (TPSA) is 69.4 Å². The third-order valence-corrected chi connectivity index (χ3v) is 1.68. The van der Waals surface area contributed by atoms with E-state index in [1.54, 1.807) is 0 Å². The molecule has 2 N–H and O–H groups in total. The van der Waals surface area contributed by atoms with Crippen LogP contribution in [-0.2, 0) is 14.5 Å². The molecule has 1 atom stereocenters. The third kappa shape index (κ3) is 10.9. The minimum absolute atomic E-state index is 0. The van der Waals surface area contributed by atoms with E-state index in [1.165, 1.54) is 0 Å². The van der Waals surface area contributed by atoms with Crippen molar-refractivity contribution in [2.45, 2.75) is 20.3 Å². The predicted octanol–water partition coefficient (Wildman–Crippen LogP) is -0.396. The van der Waals surface area contributed by atoms with E-state index in [-0.39, 0.29) is 42.1 Å². The summed E-state index contributed by atoms with van der Waals surface area (Å²) in [5.74, 6) is 0.235. The molecular formula is C5H14NNaO3S. The maximum absolute atomic E-state index is 10.2. The van der Waals surface area contributed by atoms with Crippen molar-refractivity contribution in [2.75, 3.05) is 6.61 Å². The number of hydrogen-bond acceptors (Lipinski definition) is 3. The van der Waals surface area contributed by atoms with Gasteiger partial charge in [-0.15, -0.1) is 0 Å². The van der Waals surface area contributed by atoms with Gasteiger partial charge in [0.15, 0.2) is 0 Å². The van der Waals surface area contributed by atoms with Crippen molar-refractivity contribution in [2.24, 2.45) is 11.1 Å². The molecule has 0 saturated heterocycles. The van der Waals surface area contributed by atoms with Crippen LogP contribution < -0.4 is 5.14 Å². The van der Waals surface area contributed by atoms with E-state index < -0.39 is 10.3 Å². The van der Waals surface area contributed by atoms with Gasteiger partial charge in [-0.05, 0) is 5.92 Å². The summed E-state index contributed by atoms with van der Waals surface area (Å²) >= 11 is 0. The first-order valence-electron chi connectivity index (χ1n) is 3.13. The molecule has 0 aromatic rings. The average molecular weight is 191 g/mol. The van der Waals surface area contributed by atoms with E-state index in [1.807, 2.05) is 13.8 Å². The van der Waals surface area contributed by atoms with Gasteiger partial charge in [0.25, 0.3) is 0 Å². The SMILES string of the molecule is CCC(C)COS(N)(=O)=O.[NaH]. The Balaban J connectivity index is 0. The zero-order valence-corrected chi connectivity index (χ0v) is 7.02. The molecule has 0 heterocycles. The summed E-state index contributed by atoms with van der Waals surface area (Å²) < 4.78 is 24.7. The van der Waals surface area contributed by atoms with Gasteiger partial charge in [0.2, 0.25) is 0 Å². The fourth-order valence-corrected chi connectivity index (χ4v) is 0.751. The molecule has 0 amide bonds. The van der Waals surface area contributed by atoms with Crippen molar-refractivity contribution in [3.8, 4) is 0 Å². The number of hydrogen-bond donors (Lipinski definition) is 1. The van der Waals surface area contributed by atoms with Crippen LogP contribution in [0.3, 0.4) is 0 Å². The Kier molecular flexibility index (Phi) is 8.37. The molecule has 64 valence electrons. The van der Waals surface area contributed by atoms with Crippen molar-refractivity contribution >= 4 is 39.9 Å². The van der Waals surface area contributed by atoms with E-state index in [4.69, 9.17) is 0 Å². The van der Waals surface area contributed by atoms with Crippen molar-refractivity contribution in [3.05, 3.63) is 0 Å². The molecule has 0 aliphatic heterocycles. The maximum atomic E-state index is 10.2. The van der Waals surface area contributed by atoms with Gasteiger partial charge in [0, 0.05) is 0 Å². The van der Waals surface area contributed by atoms with Crippen LogP contribution >= 0.6 is 0 Å². The molecule has 0 aliphatic rings. The van der Waals surface area contributed by atoms with Crippen LogP contribution in [0.25, 0.3) is 0 Å². The van der Waals surface area contributed by atoms with Crippen LogP contribution in [0.5, 0.6) is 0 Å². The molecule has 0 radical (unpaired) electrons. The Morgan fingerprint density at radius 1 is 1.55 bits per heavy atom. The summed E-state index contributed by atoms with van der Waals surface area (Å²) in [5, 5.41) is 4.59. The van der Waals surface area contributed by atoms with Crippen LogP contribution in [0.2, 0.25) is 0 Å². The fraction of sp³-hybridized carbons (Fsp3) is 1.00. The number of rotatable bonds is 4.